The molecule has 0 bridgehead atoms. The molecular formula is C15H18BrFN2O. The fourth-order valence-corrected chi connectivity index (χ4v) is 2.37. The summed E-state index contributed by atoms with van der Waals surface area (Å²) in [6, 6.07) is 4.87. The van der Waals surface area contributed by atoms with Gasteiger partial charge < -0.3 is 9.73 Å². The van der Waals surface area contributed by atoms with Crippen LogP contribution in [0.1, 0.15) is 25.7 Å². The second-order valence-corrected chi connectivity index (χ2v) is 5.37. The second-order valence-electron chi connectivity index (χ2n) is 4.57. The monoisotopic (exact) mass is 340 g/mol. The van der Waals surface area contributed by atoms with E-state index in [2.05, 4.69) is 33.2 Å². The molecular weight excluding hydrogens is 323 g/mol. The summed E-state index contributed by atoms with van der Waals surface area (Å²) in [4.78, 5) is 4.24. The molecule has 0 spiro atoms. The van der Waals surface area contributed by atoms with Gasteiger partial charge in [0.25, 0.3) is 0 Å². The number of hydrogen-bond acceptors (Lipinski definition) is 3. The Morgan fingerprint density at radius 3 is 3.00 bits per heavy atom. The van der Waals surface area contributed by atoms with Crippen LogP contribution in [0, 0.1) is 5.82 Å². The summed E-state index contributed by atoms with van der Waals surface area (Å²) in [5.41, 5.74) is 0.688. The van der Waals surface area contributed by atoms with Crippen molar-refractivity contribution < 1.29 is 8.81 Å². The van der Waals surface area contributed by atoms with Crippen LogP contribution >= 0.6 is 15.9 Å². The van der Waals surface area contributed by atoms with Crippen LogP contribution in [0.3, 0.4) is 0 Å². The van der Waals surface area contributed by atoms with Crippen LogP contribution in [-0.4, -0.2) is 18.1 Å². The van der Waals surface area contributed by atoms with Crippen LogP contribution in [-0.2, 0) is 6.42 Å². The zero-order valence-corrected chi connectivity index (χ0v) is 13.0. The molecule has 0 aliphatic heterocycles. The van der Waals surface area contributed by atoms with Crippen LogP contribution in [0.15, 0.2) is 33.3 Å². The summed E-state index contributed by atoms with van der Waals surface area (Å²) < 4.78 is 19.6. The van der Waals surface area contributed by atoms with E-state index < -0.39 is 0 Å². The van der Waals surface area contributed by atoms with Crippen molar-refractivity contribution in [2.75, 3.05) is 13.1 Å². The molecule has 1 aromatic heterocycles. The van der Waals surface area contributed by atoms with E-state index >= 15 is 0 Å². The topological polar surface area (TPSA) is 38.1 Å². The number of nitrogens with zero attached hydrogens (tertiary/aromatic N) is 1. The lowest BCUT2D eigenvalue weighted by atomic mass is 10.2. The molecule has 0 amide bonds. The molecule has 108 valence electrons. The lowest BCUT2D eigenvalue weighted by Crippen LogP contribution is -2.16. The first-order valence-electron chi connectivity index (χ1n) is 6.82. The van der Waals surface area contributed by atoms with Gasteiger partial charge in [-0.25, -0.2) is 9.37 Å². The molecule has 20 heavy (non-hydrogen) atoms. The van der Waals surface area contributed by atoms with Gasteiger partial charge in [0.05, 0.1) is 10.7 Å². The second kappa shape index (κ2) is 7.55. The van der Waals surface area contributed by atoms with E-state index in [1.165, 1.54) is 6.07 Å². The largest absolute Gasteiger partial charge is 0.441 e. The third-order valence-corrected chi connectivity index (χ3v) is 3.75. The molecule has 2 aromatic rings. The normalized spacial score (nSPS) is 10.9. The summed E-state index contributed by atoms with van der Waals surface area (Å²) in [6.07, 6.45) is 4.54. The smallest absolute Gasteiger partial charge is 0.194 e. The fraction of sp³-hybridized carbons (Fsp3) is 0.400. The average molecular weight is 341 g/mol. The zero-order valence-electron chi connectivity index (χ0n) is 11.5. The van der Waals surface area contributed by atoms with Crippen LogP contribution in [0.4, 0.5) is 4.39 Å². The van der Waals surface area contributed by atoms with Crippen molar-refractivity contribution >= 4 is 15.9 Å². The van der Waals surface area contributed by atoms with Crippen LogP contribution in [0.2, 0.25) is 0 Å². The van der Waals surface area contributed by atoms with Crippen molar-refractivity contribution in [3.63, 3.8) is 0 Å². The minimum atomic E-state index is -0.302. The standard InChI is InChI=1S/C15H18BrFN2O/c1-2-8-18-9-4-7-14-19-10-13(20-14)11-5-3-6-12(17)15(11)16/h3,5-6,10,18H,2,4,7-9H2,1H3. The fourth-order valence-electron chi connectivity index (χ4n) is 1.91. The van der Waals surface area contributed by atoms with Gasteiger partial charge in [0.2, 0.25) is 0 Å². The summed E-state index contributed by atoms with van der Waals surface area (Å²) in [5, 5.41) is 3.33. The lowest BCUT2D eigenvalue weighted by molar-refractivity contribution is 0.491. The molecule has 1 aromatic carbocycles. The predicted octanol–water partition coefficient (Wildman–Crippen LogP) is 4.18. The maximum Gasteiger partial charge on any atom is 0.194 e. The maximum atomic E-state index is 13.5. The first kappa shape index (κ1) is 15.2. The highest BCUT2D eigenvalue weighted by Gasteiger charge is 2.12. The third kappa shape index (κ3) is 3.90. The summed E-state index contributed by atoms with van der Waals surface area (Å²) >= 11 is 3.23. The van der Waals surface area contributed by atoms with Crippen molar-refractivity contribution in [2.24, 2.45) is 0 Å². The number of hydrogen-bond donors (Lipinski definition) is 1. The van der Waals surface area contributed by atoms with Gasteiger partial charge >= 0.3 is 0 Å². The lowest BCUT2D eigenvalue weighted by Gasteiger charge is -2.02. The van der Waals surface area contributed by atoms with Crippen LogP contribution in [0.25, 0.3) is 11.3 Å². The number of halogens is 2. The summed E-state index contributed by atoms with van der Waals surface area (Å²) in [6.45, 7) is 4.13. The molecule has 0 atom stereocenters. The molecule has 0 aliphatic carbocycles. The van der Waals surface area contributed by atoms with Gasteiger partial charge in [0.15, 0.2) is 11.7 Å². The number of aryl methyl sites for hydroxylation is 1. The Kier molecular flexibility index (Phi) is 5.73. The summed E-state index contributed by atoms with van der Waals surface area (Å²) in [7, 11) is 0. The predicted molar refractivity (Wildman–Crippen MR) is 81.1 cm³/mol. The Morgan fingerprint density at radius 1 is 1.35 bits per heavy atom. The zero-order chi connectivity index (χ0) is 14.4. The molecule has 0 radical (unpaired) electrons. The molecule has 0 saturated heterocycles. The van der Waals surface area contributed by atoms with Gasteiger partial charge in [-0.3, -0.25) is 0 Å². The molecule has 0 aliphatic rings. The van der Waals surface area contributed by atoms with Gasteiger partial charge in [-0.05, 0) is 54.0 Å². The van der Waals surface area contributed by atoms with E-state index in [1.807, 2.05) is 0 Å². The third-order valence-electron chi connectivity index (χ3n) is 2.94. The van der Waals surface area contributed by atoms with Crippen molar-refractivity contribution in [2.45, 2.75) is 26.2 Å². The van der Waals surface area contributed by atoms with Crippen LogP contribution < -0.4 is 5.32 Å². The highest BCUT2D eigenvalue weighted by atomic mass is 79.9. The van der Waals surface area contributed by atoms with Crippen molar-refractivity contribution in [1.82, 2.24) is 10.3 Å². The van der Waals surface area contributed by atoms with E-state index in [-0.39, 0.29) is 5.82 Å². The number of aromatic nitrogens is 1. The van der Waals surface area contributed by atoms with Crippen molar-refractivity contribution in [3.05, 3.63) is 40.6 Å². The van der Waals surface area contributed by atoms with Crippen LogP contribution in [0.5, 0.6) is 0 Å². The molecule has 0 unspecified atom stereocenters. The van der Waals surface area contributed by atoms with Gasteiger partial charge in [-0.2, -0.15) is 0 Å². The van der Waals surface area contributed by atoms with Crippen molar-refractivity contribution in [1.29, 1.82) is 0 Å². The van der Waals surface area contributed by atoms with Gasteiger partial charge in [0, 0.05) is 12.0 Å². The number of benzene rings is 1. The minimum Gasteiger partial charge on any atom is -0.441 e. The number of nitrogens with one attached hydrogen (secondary N) is 1. The van der Waals surface area contributed by atoms with Gasteiger partial charge in [0.1, 0.15) is 5.82 Å². The quantitative estimate of drug-likeness (QED) is 0.768. The average Bonchev–Trinajstić information content (AvgIpc) is 2.90. The SMILES string of the molecule is CCCNCCCc1ncc(-c2cccc(F)c2Br)o1. The molecule has 1 N–H and O–H groups in total. The first-order valence-corrected chi connectivity index (χ1v) is 7.61. The molecule has 3 nitrogen and oxygen atoms in total. The maximum absolute atomic E-state index is 13.5. The number of oxazole rings is 1. The van der Waals surface area contributed by atoms with E-state index in [0.29, 0.717) is 21.7 Å². The van der Waals surface area contributed by atoms with E-state index in [0.717, 1.165) is 32.4 Å². The minimum absolute atomic E-state index is 0.302. The molecule has 0 fully saturated rings. The number of rotatable bonds is 7. The Hall–Kier alpha value is -1.20. The Balaban J connectivity index is 1.97. The molecule has 5 heteroatoms. The first-order chi connectivity index (χ1) is 9.72. The van der Waals surface area contributed by atoms with Gasteiger partial charge in [-0.1, -0.05) is 13.0 Å². The molecule has 2 rings (SSSR count). The molecule has 1 heterocycles. The van der Waals surface area contributed by atoms with E-state index in [9.17, 15) is 4.39 Å². The van der Waals surface area contributed by atoms with E-state index in [1.54, 1.807) is 18.3 Å². The Labute approximate surface area is 126 Å². The van der Waals surface area contributed by atoms with Crippen molar-refractivity contribution in [3.8, 4) is 11.3 Å². The Bertz CT molecular complexity index is 557. The highest BCUT2D eigenvalue weighted by molar-refractivity contribution is 9.10. The van der Waals surface area contributed by atoms with Gasteiger partial charge in [-0.15, -0.1) is 0 Å². The summed E-state index contributed by atoms with van der Waals surface area (Å²) in [5.74, 6) is 0.978. The highest BCUT2D eigenvalue weighted by Crippen LogP contribution is 2.30. The molecule has 0 saturated carbocycles. The Morgan fingerprint density at radius 2 is 2.20 bits per heavy atom. The van der Waals surface area contributed by atoms with E-state index in [4.69, 9.17) is 4.42 Å².